The van der Waals surface area contributed by atoms with Crippen LogP contribution in [0.4, 0.5) is 8.78 Å². The van der Waals surface area contributed by atoms with Gasteiger partial charge in [0.2, 0.25) is 0 Å². The average molecular weight is 453 g/mol. The molecule has 2 aromatic heterocycles. The minimum absolute atomic E-state index is 0.0143. The number of nitrogens with zero attached hydrogens (tertiary/aromatic N) is 5. The Hall–Kier alpha value is -3.20. The summed E-state index contributed by atoms with van der Waals surface area (Å²) >= 11 is 0. The molecule has 5 rings (SSSR count). The molecule has 2 fully saturated rings. The molecule has 1 aromatic carbocycles. The summed E-state index contributed by atoms with van der Waals surface area (Å²) in [5.74, 6) is -2.47. The maximum Gasteiger partial charge on any atom is 0.254 e. The quantitative estimate of drug-likeness (QED) is 0.618. The van der Waals surface area contributed by atoms with E-state index in [1.807, 2.05) is 13.0 Å². The molecule has 3 aromatic rings. The van der Waals surface area contributed by atoms with Gasteiger partial charge in [-0.25, -0.2) is 18.7 Å². The number of halogens is 2. The van der Waals surface area contributed by atoms with Gasteiger partial charge in [-0.3, -0.25) is 0 Å². The van der Waals surface area contributed by atoms with E-state index in [4.69, 9.17) is 4.74 Å². The maximum atomic E-state index is 14.8. The molecule has 0 amide bonds. The standard InChI is InChI=1S/C24H25F2N5O2/c1-22-12-23(2,24(25,26)13-22)10-15(20(22)33-3)8-16-11-28-21(30-29-16)18-5-4-17(9-19(18)32)31-7-6-27-14-31/h4-9,11,14,20,32H,10,12-13H2,1-3H3/b15-8-/t20-,22-,23+/m1/s1. The molecule has 0 saturated heterocycles. The van der Waals surface area contributed by atoms with Crippen molar-refractivity contribution in [1.82, 2.24) is 24.7 Å². The largest absolute Gasteiger partial charge is 0.507 e. The fourth-order valence-electron chi connectivity index (χ4n) is 5.68. The minimum Gasteiger partial charge on any atom is -0.507 e. The summed E-state index contributed by atoms with van der Waals surface area (Å²) in [6, 6.07) is 5.13. The van der Waals surface area contributed by atoms with Gasteiger partial charge >= 0.3 is 0 Å². The molecule has 0 unspecified atom stereocenters. The maximum absolute atomic E-state index is 14.8. The van der Waals surface area contributed by atoms with Crippen molar-refractivity contribution in [3.05, 3.63) is 54.4 Å². The number of alkyl halides is 2. The molecule has 2 bridgehead atoms. The predicted molar refractivity (Wildman–Crippen MR) is 118 cm³/mol. The summed E-state index contributed by atoms with van der Waals surface area (Å²) in [6.07, 6.45) is 8.39. The second kappa shape index (κ2) is 7.41. The highest BCUT2D eigenvalue weighted by molar-refractivity contribution is 5.66. The lowest BCUT2D eigenvalue weighted by Gasteiger charge is -2.42. The van der Waals surface area contributed by atoms with Gasteiger partial charge in [0.05, 0.1) is 29.9 Å². The molecule has 0 spiro atoms. The third-order valence-corrected chi connectivity index (χ3v) is 7.04. The molecule has 2 aliphatic rings. The lowest BCUT2D eigenvalue weighted by Crippen LogP contribution is -2.40. The van der Waals surface area contributed by atoms with E-state index in [1.54, 1.807) is 55.5 Å². The van der Waals surface area contributed by atoms with Crippen molar-refractivity contribution in [1.29, 1.82) is 0 Å². The molecule has 7 nitrogen and oxygen atoms in total. The first-order valence-corrected chi connectivity index (χ1v) is 10.8. The summed E-state index contributed by atoms with van der Waals surface area (Å²) in [4.78, 5) is 8.35. The van der Waals surface area contributed by atoms with Crippen LogP contribution in [0, 0.1) is 10.8 Å². The van der Waals surface area contributed by atoms with Crippen molar-refractivity contribution in [3.63, 3.8) is 0 Å². The zero-order chi connectivity index (χ0) is 23.4. The Bertz CT molecular complexity index is 1210. The zero-order valence-electron chi connectivity index (χ0n) is 18.7. The predicted octanol–water partition coefficient (Wildman–Crippen LogP) is 4.67. The number of ether oxygens (including phenoxy) is 1. The highest BCUT2D eigenvalue weighted by Gasteiger charge is 2.67. The van der Waals surface area contributed by atoms with E-state index in [-0.39, 0.29) is 24.4 Å². The molecule has 3 atom stereocenters. The van der Waals surface area contributed by atoms with Gasteiger partial charge in [-0.2, -0.15) is 0 Å². The lowest BCUT2D eigenvalue weighted by molar-refractivity contribution is -0.0888. The number of imidazole rings is 1. The molecule has 33 heavy (non-hydrogen) atoms. The van der Waals surface area contributed by atoms with Crippen LogP contribution in [0.15, 0.2) is 48.7 Å². The molecular formula is C24H25F2N5O2. The van der Waals surface area contributed by atoms with Crippen LogP contribution < -0.4 is 0 Å². The lowest BCUT2D eigenvalue weighted by atomic mass is 9.66. The monoisotopic (exact) mass is 453 g/mol. The third kappa shape index (κ3) is 3.51. The Kier molecular flexibility index (Phi) is 4.86. The molecule has 2 saturated carbocycles. The molecule has 172 valence electrons. The fourth-order valence-corrected chi connectivity index (χ4v) is 5.68. The molecule has 0 radical (unpaired) electrons. The van der Waals surface area contributed by atoms with E-state index in [0.29, 0.717) is 17.7 Å². The van der Waals surface area contributed by atoms with E-state index >= 15 is 0 Å². The number of hydrogen-bond acceptors (Lipinski definition) is 6. The van der Waals surface area contributed by atoms with E-state index in [0.717, 1.165) is 11.3 Å². The van der Waals surface area contributed by atoms with Gasteiger partial charge in [-0.1, -0.05) is 13.8 Å². The van der Waals surface area contributed by atoms with Crippen LogP contribution in [0.5, 0.6) is 5.75 Å². The van der Waals surface area contributed by atoms with Crippen LogP contribution in [-0.2, 0) is 4.74 Å². The first-order valence-electron chi connectivity index (χ1n) is 10.8. The Morgan fingerprint density at radius 3 is 2.67 bits per heavy atom. The molecule has 2 heterocycles. The Labute approximate surface area is 190 Å². The van der Waals surface area contributed by atoms with Crippen molar-refractivity contribution in [2.24, 2.45) is 10.8 Å². The highest BCUT2D eigenvalue weighted by Crippen LogP contribution is 2.66. The number of phenols is 1. The Morgan fingerprint density at radius 1 is 1.21 bits per heavy atom. The van der Waals surface area contributed by atoms with Crippen molar-refractivity contribution in [2.75, 3.05) is 7.11 Å². The fraction of sp³-hybridized carbons (Fsp3) is 0.417. The number of phenolic OH excluding ortho intramolecular Hbond substituents is 1. The van der Waals surface area contributed by atoms with Gasteiger partial charge in [0, 0.05) is 42.8 Å². The summed E-state index contributed by atoms with van der Waals surface area (Å²) in [6.45, 7) is 3.53. The number of benzene rings is 1. The molecule has 0 aliphatic heterocycles. The molecule has 9 heteroatoms. The smallest absolute Gasteiger partial charge is 0.254 e. The second-order valence-electron chi connectivity index (χ2n) is 9.66. The summed E-state index contributed by atoms with van der Waals surface area (Å²) in [7, 11) is 1.56. The van der Waals surface area contributed by atoms with Crippen LogP contribution in [0.1, 0.15) is 38.8 Å². The van der Waals surface area contributed by atoms with Crippen LogP contribution in [0.3, 0.4) is 0 Å². The van der Waals surface area contributed by atoms with Crippen molar-refractivity contribution in [3.8, 4) is 22.8 Å². The first-order chi connectivity index (χ1) is 15.6. The van der Waals surface area contributed by atoms with Crippen LogP contribution in [-0.4, -0.2) is 49.0 Å². The van der Waals surface area contributed by atoms with Crippen molar-refractivity contribution in [2.45, 2.75) is 45.1 Å². The molecule has 2 aliphatic carbocycles. The zero-order valence-corrected chi connectivity index (χ0v) is 18.7. The highest BCUT2D eigenvalue weighted by atomic mass is 19.3. The van der Waals surface area contributed by atoms with E-state index in [1.165, 1.54) is 6.20 Å². The van der Waals surface area contributed by atoms with Crippen LogP contribution in [0.2, 0.25) is 0 Å². The first kappa shape index (κ1) is 21.6. The van der Waals surface area contributed by atoms with Gasteiger partial charge in [-0.05, 0) is 36.6 Å². The topological polar surface area (TPSA) is 86.0 Å². The summed E-state index contributed by atoms with van der Waals surface area (Å²) < 4.78 is 37.0. The van der Waals surface area contributed by atoms with Crippen molar-refractivity contribution >= 4 is 6.08 Å². The number of hydrogen-bond donors (Lipinski definition) is 1. The summed E-state index contributed by atoms with van der Waals surface area (Å²) in [5.41, 5.74) is 0.687. The number of methoxy groups -OCH3 is 1. The van der Waals surface area contributed by atoms with Crippen LogP contribution in [0.25, 0.3) is 23.2 Å². The van der Waals surface area contributed by atoms with E-state index in [2.05, 4.69) is 20.2 Å². The number of aromatic hydroxyl groups is 1. The Morgan fingerprint density at radius 2 is 2.03 bits per heavy atom. The van der Waals surface area contributed by atoms with E-state index in [9.17, 15) is 13.9 Å². The summed E-state index contributed by atoms with van der Waals surface area (Å²) in [5, 5.41) is 18.9. The van der Waals surface area contributed by atoms with Gasteiger partial charge in [0.1, 0.15) is 11.4 Å². The number of aromatic nitrogens is 5. The number of fused-ring (bicyclic) bond motifs is 2. The minimum atomic E-state index is -2.75. The number of rotatable bonds is 4. The Balaban J connectivity index is 1.43. The second-order valence-corrected chi connectivity index (χ2v) is 9.66. The SMILES string of the molecule is CO[C@@H]1/C(=C\c2cnc(-c3ccc(-n4ccnc4)cc3O)nn2)C[C@@]2(C)C[C@]1(C)CC2(F)F. The normalized spacial score (nSPS) is 29.5. The van der Waals surface area contributed by atoms with Gasteiger partial charge < -0.3 is 14.4 Å². The average Bonchev–Trinajstić information content (AvgIpc) is 3.32. The van der Waals surface area contributed by atoms with Gasteiger partial charge in [-0.15, -0.1) is 10.2 Å². The molecular weight excluding hydrogens is 428 g/mol. The van der Waals surface area contributed by atoms with Gasteiger partial charge in [0.15, 0.2) is 5.82 Å². The van der Waals surface area contributed by atoms with Gasteiger partial charge in [0.25, 0.3) is 5.92 Å². The molecule has 1 N–H and O–H groups in total. The van der Waals surface area contributed by atoms with Crippen molar-refractivity contribution < 1.29 is 18.6 Å². The third-order valence-electron chi connectivity index (χ3n) is 7.04. The van der Waals surface area contributed by atoms with E-state index < -0.39 is 22.9 Å². The van der Waals surface area contributed by atoms with Crippen LogP contribution >= 0.6 is 0 Å².